The Kier molecular flexibility index (Phi) is 1.00. The summed E-state index contributed by atoms with van der Waals surface area (Å²) in [6.45, 7) is 0. The lowest BCUT2D eigenvalue weighted by atomic mass is 10.5. The number of hydrazone groups is 1. The zero-order valence-corrected chi connectivity index (χ0v) is 5.10. The summed E-state index contributed by atoms with van der Waals surface area (Å²) in [5.41, 5.74) is 2.70. The number of nitrogens with zero attached hydrogens (tertiary/aromatic N) is 4. The first kappa shape index (κ1) is 5.16. The van der Waals surface area contributed by atoms with E-state index in [0.29, 0.717) is 0 Å². The molecule has 0 saturated carbocycles. The van der Waals surface area contributed by atoms with Gasteiger partial charge in [0.05, 0.1) is 6.21 Å². The van der Waals surface area contributed by atoms with Crippen molar-refractivity contribution in [3.05, 3.63) is 12.4 Å². The second kappa shape index (κ2) is 1.94. The summed E-state index contributed by atoms with van der Waals surface area (Å²) >= 11 is 0. The molecule has 0 bridgehead atoms. The highest BCUT2D eigenvalue weighted by atomic mass is 15.4. The molecule has 2 rings (SSSR count). The summed E-state index contributed by atoms with van der Waals surface area (Å²) in [7, 11) is 0. The number of hydrogen-bond acceptors (Lipinski definition) is 5. The van der Waals surface area contributed by atoms with Crippen molar-refractivity contribution >= 4 is 18.4 Å². The summed E-state index contributed by atoms with van der Waals surface area (Å²) < 4.78 is 0. The van der Waals surface area contributed by atoms with E-state index in [0.717, 1.165) is 5.84 Å². The van der Waals surface area contributed by atoms with E-state index in [1.165, 1.54) is 0 Å². The van der Waals surface area contributed by atoms with E-state index in [2.05, 4.69) is 20.7 Å². The zero-order chi connectivity index (χ0) is 6.81. The van der Waals surface area contributed by atoms with Gasteiger partial charge in [-0.15, -0.1) is 5.10 Å². The van der Waals surface area contributed by atoms with Crippen molar-refractivity contribution in [3.8, 4) is 0 Å². The molecule has 0 aromatic heterocycles. The van der Waals surface area contributed by atoms with Crippen LogP contribution in [0.1, 0.15) is 0 Å². The fraction of sp³-hybridized carbons (Fsp3) is 0. The minimum atomic E-state index is 0.748. The van der Waals surface area contributed by atoms with E-state index in [1.54, 1.807) is 23.7 Å². The number of fused-ring (bicyclic) bond motifs is 1. The average Bonchev–Trinajstić information content (AvgIpc) is 2.05. The van der Waals surface area contributed by atoms with E-state index in [-0.39, 0.29) is 0 Å². The van der Waals surface area contributed by atoms with Crippen molar-refractivity contribution in [3.63, 3.8) is 0 Å². The van der Waals surface area contributed by atoms with Crippen LogP contribution in [0.4, 0.5) is 0 Å². The molecule has 0 radical (unpaired) electrons. The second-order valence-corrected chi connectivity index (χ2v) is 1.80. The average molecular weight is 135 g/mol. The van der Waals surface area contributed by atoms with Gasteiger partial charge in [0.2, 0.25) is 0 Å². The number of rotatable bonds is 0. The molecule has 2 aliphatic rings. The predicted octanol–water partition coefficient (Wildman–Crippen LogP) is -0.296. The fourth-order valence-electron chi connectivity index (χ4n) is 0.715. The molecule has 0 amide bonds. The van der Waals surface area contributed by atoms with E-state index >= 15 is 0 Å². The Morgan fingerprint density at radius 3 is 3.30 bits per heavy atom. The summed E-state index contributed by atoms with van der Waals surface area (Å²) in [6.07, 6.45) is 6.71. The van der Waals surface area contributed by atoms with Crippen LogP contribution in [0, 0.1) is 0 Å². The Labute approximate surface area is 57.4 Å². The molecule has 1 N–H and O–H groups in total. The van der Waals surface area contributed by atoms with Crippen LogP contribution in [-0.4, -0.2) is 23.3 Å². The molecule has 2 aliphatic heterocycles. The molecular formula is C5H5N5. The number of hydrogen-bond donors (Lipinski definition) is 1. The highest BCUT2D eigenvalue weighted by Crippen LogP contribution is 1.96. The highest BCUT2D eigenvalue weighted by molar-refractivity contribution is 6.32. The zero-order valence-electron chi connectivity index (χ0n) is 5.10. The number of nitrogens with one attached hydrogen (secondary N) is 1. The molecule has 10 heavy (non-hydrogen) atoms. The summed E-state index contributed by atoms with van der Waals surface area (Å²) in [5.74, 6) is 0.748. The van der Waals surface area contributed by atoms with Crippen LogP contribution in [0.3, 0.4) is 0 Å². The molecule has 0 unspecified atom stereocenters. The maximum atomic E-state index is 3.92. The highest BCUT2D eigenvalue weighted by Gasteiger charge is 2.08. The van der Waals surface area contributed by atoms with Gasteiger partial charge in [0.25, 0.3) is 0 Å². The molecule has 0 aromatic rings. The van der Waals surface area contributed by atoms with Crippen molar-refractivity contribution in [2.24, 2.45) is 15.3 Å². The number of amidine groups is 1. The molecule has 5 heteroatoms. The van der Waals surface area contributed by atoms with Gasteiger partial charge in [-0.1, -0.05) is 0 Å². The summed E-state index contributed by atoms with van der Waals surface area (Å²) in [5, 5.41) is 11.2. The van der Waals surface area contributed by atoms with E-state index in [9.17, 15) is 0 Å². The monoisotopic (exact) mass is 135 g/mol. The first-order valence-corrected chi connectivity index (χ1v) is 2.81. The quantitative estimate of drug-likeness (QED) is 0.496. The molecule has 50 valence electrons. The first-order chi connectivity index (χ1) is 4.97. The van der Waals surface area contributed by atoms with Crippen LogP contribution in [-0.2, 0) is 0 Å². The van der Waals surface area contributed by atoms with Crippen molar-refractivity contribution in [2.45, 2.75) is 0 Å². The topological polar surface area (TPSA) is 52.4 Å². The van der Waals surface area contributed by atoms with Gasteiger partial charge in [-0.3, -0.25) is 10.3 Å². The Balaban J connectivity index is 2.33. The van der Waals surface area contributed by atoms with Gasteiger partial charge in [-0.25, -0.2) is 0 Å². The molecular weight excluding hydrogens is 130 g/mol. The predicted molar refractivity (Wildman–Crippen MR) is 38.5 cm³/mol. The fourth-order valence-corrected chi connectivity index (χ4v) is 0.715. The molecule has 0 fully saturated rings. The van der Waals surface area contributed by atoms with E-state index in [4.69, 9.17) is 0 Å². The van der Waals surface area contributed by atoms with Gasteiger partial charge in [0, 0.05) is 12.4 Å². The van der Waals surface area contributed by atoms with Gasteiger partial charge in [-0.2, -0.15) is 10.2 Å². The molecule has 0 atom stereocenters. The Morgan fingerprint density at radius 1 is 1.40 bits per heavy atom. The summed E-state index contributed by atoms with van der Waals surface area (Å²) in [4.78, 5) is 1.77. The summed E-state index contributed by atoms with van der Waals surface area (Å²) in [6, 6.07) is 0. The van der Waals surface area contributed by atoms with E-state index < -0.39 is 0 Å². The normalized spacial score (nSPS) is 20.0. The van der Waals surface area contributed by atoms with Crippen molar-refractivity contribution in [2.75, 3.05) is 0 Å². The van der Waals surface area contributed by atoms with Gasteiger partial charge in [-0.05, 0) is 0 Å². The minimum Gasteiger partial charge on any atom is -0.286 e. The van der Waals surface area contributed by atoms with Gasteiger partial charge in [0.15, 0.2) is 5.84 Å². The van der Waals surface area contributed by atoms with Gasteiger partial charge >= 0.3 is 0 Å². The SMILES string of the molecule is C1=CN2C=NN=CC2=NN1. The second-order valence-electron chi connectivity index (χ2n) is 1.80. The van der Waals surface area contributed by atoms with Gasteiger partial charge < -0.3 is 0 Å². The van der Waals surface area contributed by atoms with Crippen LogP contribution >= 0.6 is 0 Å². The maximum absolute atomic E-state index is 3.92. The third kappa shape index (κ3) is 0.680. The molecule has 0 spiro atoms. The molecule has 0 saturated heterocycles. The lowest BCUT2D eigenvalue weighted by Crippen LogP contribution is -2.32. The van der Waals surface area contributed by atoms with Crippen molar-refractivity contribution < 1.29 is 0 Å². The van der Waals surface area contributed by atoms with Crippen LogP contribution < -0.4 is 5.43 Å². The maximum Gasteiger partial charge on any atom is 0.178 e. The van der Waals surface area contributed by atoms with Crippen LogP contribution in [0.5, 0.6) is 0 Å². The Bertz CT molecular complexity index is 249. The van der Waals surface area contributed by atoms with Crippen molar-refractivity contribution in [1.29, 1.82) is 0 Å². The minimum absolute atomic E-state index is 0.748. The largest absolute Gasteiger partial charge is 0.286 e. The van der Waals surface area contributed by atoms with E-state index in [1.807, 2.05) is 6.20 Å². The molecule has 2 heterocycles. The lowest BCUT2D eigenvalue weighted by molar-refractivity contribution is 0.768. The lowest BCUT2D eigenvalue weighted by Gasteiger charge is -2.17. The molecule has 5 nitrogen and oxygen atoms in total. The molecule has 0 aliphatic carbocycles. The third-order valence-electron chi connectivity index (χ3n) is 1.17. The third-order valence-corrected chi connectivity index (χ3v) is 1.17. The van der Waals surface area contributed by atoms with Crippen LogP contribution in [0.25, 0.3) is 0 Å². The van der Waals surface area contributed by atoms with Crippen LogP contribution in [0.15, 0.2) is 27.7 Å². The first-order valence-electron chi connectivity index (χ1n) is 2.81. The van der Waals surface area contributed by atoms with Crippen LogP contribution in [0.2, 0.25) is 0 Å². The smallest absolute Gasteiger partial charge is 0.178 e. The molecule has 0 aromatic carbocycles. The van der Waals surface area contributed by atoms with Crippen molar-refractivity contribution in [1.82, 2.24) is 10.3 Å². The Hall–Kier alpha value is -1.65. The Morgan fingerprint density at radius 2 is 2.40 bits per heavy atom. The van der Waals surface area contributed by atoms with Gasteiger partial charge in [0.1, 0.15) is 6.34 Å². The standard InChI is InChI=1S/C5H5N5/c1-2-10-4-8-7-3-5(10)9-6-1/h1-4,6H.